The van der Waals surface area contributed by atoms with E-state index in [0.717, 1.165) is 5.56 Å². The molecule has 0 atom stereocenters. The van der Waals surface area contributed by atoms with Crippen LogP contribution in [0.3, 0.4) is 0 Å². The van der Waals surface area contributed by atoms with Crippen LogP contribution in [-0.4, -0.2) is 10.2 Å². The smallest absolute Gasteiger partial charge is 0.293 e. The fourth-order valence-corrected chi connectivity index (χ4v) is 1.24. The summed E-state index contributed by atoms with van der Waals surface area (Å²) in [6.45, 7) is 1.92. The van der Waals surface area contributed by atoms with Crippen LogP contribution in [0.15, 0.2) is 39.3 Å². The maximum absolute atomic E-state index is 11.2. The van der Waals surface area contributed by atoms with Gasteiger partial charge in [-0.3, -0.25) is 15.0 Å². The van der Waals surface area contributed by atoms with Crippen molar-refractivity contribution in [2.45, 2.75) is 6.92 Å². The molecule has 0 bridgehead atoms. The minimum atomic E-state index is -0.380. The number of hydrogen-bond donors (Lipinski definition) is 3. The van der Waals surface area contributed by atoms with E-state index in [1.807, 2.05) is 31.2 Å². The molecule has 0 aliphatic heterocycles. The fourth-order valence-electron chi connectivity index (χ4n) is 1.24. The van der Waals surface area contributed by atoms with Gasteiger partial charge in [0, 0.05) is 0 Å². The van der Waals surface area contributed by atoms with Gasteiger partial charge in [-0.2, -0.15) is 0 Å². The zero-order chi connectivity index (χ0) is 11.5. The number of nitrogens with two attached hydrogens (primary N) is 1. The molecule has 1 aromatic heterocycles. The predicted octanol–water partition coefficient (Wildman–Crippen LogP) is 2.01. The number of nitrogens with one attached hydrogen (secondary N) is 2. The van der Waals surface area contributed by atoms with Gasteiger partial charge in [0.1, 0.15) is 5.82 Å². The Balaban J connectivity index is 2.36. The Morgan fingerprint density at radius 1 is 1.19 bits per heavy atom. The Labute approximate surface area is 91.2 Å². The van der Waals surface area contributed by atoms with E-state index in [9.17, 15) is 4.79 Å². The van der Waals surface area contributed by atoms with Gasteiger partial charge in [-0.1, -0.05) is 18.2 Å². The molecule has 6 heteroatoms. The van der Waals surface area contributed by atoms with Crippen LogP contribution in [0, 0.1) is 6.92 Å². The highest BCUT2D eigenvalue weighted by Gasteiger charge is 2.04. The second-order valence-electron chi connectivity index (χ2n) is 3.33. The van der Waals surface area contributed by atoms with Gasteiger partial charge in [-0.05, 0) is 18.6 Å². The highest BCUT2D eigenvalue weighted by molar-refractivity contribution is 5.55. The number of hydrogen-bond acceptors (Lipinski definition) is 4. The quantitative estimate of drug-likeness (QED) is 0.670. The third kappa shape index (κ3) is 1.85. The molecule has 0 spiro atoms. The second-order valence-corrected chi connectivity index (χ2v) is 3.33. The first kappa shape index (κ1) is 10.2. The molecule has 4 N–H and O–H groups in total. The van der Waals surface area contributed by atoms with Gasteiger partial charge >= 0.3 is 0 Å². The van der Waals surface area contributed by atoms with Gasteiger partial charge in [0.05, 0.1) is 5.69 Å². The summed E-state index contributed by atoms with van der Waals surface area (Å²) in [5.74, 6) is 0.183. The van der Waals surface area contributed by atoms with Crippen LogP contribution in [0.25, 0.3) is 0 Å². The second kappa shape index (κ2) is 4.01. The van der Waals surface area contributed by atoms with Crippen molar-refractivity contribution < 1.29 is 0 Å². The number of aryl methyl sites for hydroxylation is 1. The molecule has 0 amide bonds. The van der Waals surface area contributed by atoms with Gasteiger partial charge < -0.3 is 5.73 Å². The SMILES string of the molecule is Cc1ccccc1N=Nc1c(N)[nH][nH]c1=O. The molecule has 0 saturated heterocycles. The van der Waals surface area contributed by atoms with E-state index in [2.05, 4.69) is 20.4 Å². The summed E-state index contributed by atoms with van der Waals surface area (Å²) < 4.78 is 0. The summed E-state index contributed by atoms with van der Waals surface area (Å²) >= 11 is 0. The van der Waals surface area contributed by atoms with Gasteiger partial charge in [0.2, 0.25) is 0 Å². The van der Waals surface area contributed by atoms with Gasteiger partial charge in [-0.15, -0.1) is 10.2 Å². The van der Waals surface area contributed by atoms with Crippen molar-refractivity contribution in [2.75, 3.05) is 5.73 Å². The molecule has 0 fully saturated rings. The first-order valence-electron chi connectivity index (χ1n) is 4.72. The molecule has 82 valence electrons. The highest BCUT2D eigenvalue weighted by atomic mass is 16.1. The molecule has 0 saturated carbocycles. The summed E-state index contributed by atoms with van der Waals surface area (Å²) in [4.78, 5) is 11.2. The fraction of sp³-hybridized carbons (Fsp3) is 0.100. The average Bonchev–Trinajstić information content (AvgIpc) is 2.58. The van der Waals surface area contributed by atoms with Crippen molar-refractivity contribution in [1.29, 1.82) is 0 Å². The molecule has 16 heavy (non-hydrogen) atoms. The molecular formula is C10H11N5O. The van der Waals surface area contributed by atoms with Gasteiger partial charge in [0.25, 0.3) is 5.56 Å². The molecule has 6 nitrogen and oxygen atoms in total. The van der Waals surface area contributed by atoms with Crippen molar-refractivity contribution in [3.8, 4) is 0 Å². The number of H-pyrrole nitrogens is 2. The molecule has 2 rings (SSSR count). The van der Waals surface area contributed by atoms with E-state index in [-0.39, 0.29) is 17.1 Å². The number of aromatic nitrogens is 2. The third-order valence-corrected chi connectivity index (χ3v) is 2.15. The van der Waals surface area contributed by atoms with Crippen molar-refractivity contribution in [1.82, 2.24) is 10.2 Å². The highest BCUT2D eigenvalue weighted by Crippen LogP contribution is 2.21. The maximum Gasteiger partial charge on any atom is 0.293 e. The third-order valence-electron chi connectivity index (χ3n) is 2.15. The number of azo groups is 1. The van der Waals surface area contributed by atoms with Crippen LogP contribution in [0.1, 0.15) is 5.56 Å². The molecule has 0 radical (unpaired) electrons. The first-order valence-corrected chi connectivity index (χ1v) is 4.72. The summed E-state index contributed by atoms with van der Waals surface area (Å²) in [6.07, 6.45) is 0. The Hall–Kier alpha value is -2.37. The lowest BCUT2D eigenvalue weighted by Gasteiger charge is -1.95. The summed E-state index contributed by atoms with van der Waals surface area (Å²) in [6, 6.07) is 7.49. The lowest BCUT2D eigenvalue weighted by atomic mass is 10.2. The molecule has 0 unspecified atom stereocenters. The number of nitrogens with zero attached hydrogens (tertiary/aromatic N) is 2. The lowest BCUT2D eigenvalue weighted by molar-refractivity contribution is 1.06. The Morgan fingerprint density at radius 3 is 2.56 bits per heavy atom. The number of rotatable bonds is 2. The van der Waals surface area contributed by atoms with E-state index in [0.29, 0.717) is 5.69 Å². The Kier molecular flexibility index (Phi) is 2.55. The first-order chi connectivity index (χ1) is 7.68. The van der Waals surface area contributed by atoms with Crippen LogP contribution >= 0.6 is 0 Å². The Bertz CT molecular complexity index is 581. The van der Waals surface area contributed by atoms with Crippen LogP contribution in [0.4, 0.5) is 17.2 Å². The average molecular weight is 217 g/mol. The van der Waals surface area contributed by atoms with Crippen LogP contribution in [0.2, 0.25) is 0 Å². The zero-order valence-corrected chi connectivity index (χ0v) is 8.69. The van der Waals surface area contributed by atoms with Crippen molar-refractivity contribution in [3.05, 3.63) is 40.2 Å². The molecule has 2 aromatic rings. The van der Waals surface area contributed by atoms with Gasteiger partial charge in [-0.25, -0.2) is 0 Å². The Morgan fingerprint density at radius 2 is 1.94 bits per heavy atom. The molecule has 1 heterocycles. The van der Waals surface area contributed by atoms with E-state index in [1.54, 1.807) is 0 Å². The van der Waals surface area contributed by atoms with E-state index < -0.39 is 0 Å². The number of anilines is 1. The predicted molar refractivity (Wildman–Crippen MR) is 61.2 cm³/mol. The molecular weight excluding hydrogens is 206 g/mol. The zero-order valence-electron chi connectivity index (χ0n) is 8.69. The van der Waals surface area contributed by atoms with E-state index >= 15 is 0 Å². The van der Waals surface area contributed by atoms with Crippen LogP contribution < -0.4 is 11.3 Å². The molecule has 0 aliphatic carbocycles. The summed E-state index contributed by atoms with van der Waals surface area (Å²) in [7, 11) is 0. The van der Waals surface area contributed by atoms with Crippen LogP contribution in [0.5, 0.6) is 0 Å². The standard InChI is InChI=1S/C10H11N5O/c1-6-4-2-3-5-7(6)12-13-8-9(11)14-15-10(8)16/h2-5H,1H3,(H4,11,14,15,16). The summed E-state index contributed by atoms with van der Waals surface area (Å²) in [5, 5.41) is 12.6. The monoisotopic (exact) mass is 217 g/mol. The van der Waals surface area contributed by atoms with E-state index in [4.69, 9.17) is 5.73 Å². The number of nitrogen functional groups attached to an aromatic ring is 1. The van der Waals surface area contributed by atoms with Crippen molar-refractivity contribution in [3.63, 3.8) is 0 Å². The topological polar surface area (TPSA) is 99.4 Å². The lowest BCUT2D eigenvalue weighted by Crippen LogP contribution is -1.96. The minimum absolute atomic E-state index is 0.100. The van der Waals surface area contributed by atoms with Crippen LogP contribution in [-0.2, 0) is 0 Å². The number of aromatic amines is 2. The normalized spacial score (nSPS) is 11.1. The van der Waals surface area contributed by atoms with Crippen molar-refractivity contribution >= 4 is 17.2 Å². The van der Waals surface area contributed by atoms with Crippen molar-refractivity contribution in [2.24, 2.45) is 10.2 Å². The summed E-state index contributed by atoms with van der Waals surface area (Å²) in [5.41, 5.74) is 6.92. The minimum Gasteiger partial charge on any atom is -0.382 e. The molecule has 0 aliphatic rings. The molecule has 1 aromatic carbocycles. The maximum atomic E-state index is 11.2. The largest absolute Gasteiger partial charge is 0.382 e. The van der Waals surface area contributed by atoms with Gasteiger partial charge in [0.15, 0.2) is 5.69 Å². The van der Waals surface area contributed by atoms with E-state index in [1.165, 1.54) is 0 Å². The number of benzene rings is 1.